The molecule has 0 radical (unpaired) electrons. The maximum atomic E-state index is 2.55. The molecule has 5 heteroatoms. The highest BCUT2D eigenvalue weighted by atomic mass is 32.3. The molecule has 1 heterocycles. The standard InChI is InChI=1S/C38H30PS4/c1-40-36-37(41-2)43-38(42-36)34-30-20-12-13-21-31(30)35(38)33-24-26(22-23-32(33)34)25-39(27-14-6-3-7-15-27,28-16-8-4-9-17-28)29-18-10-5-11-19-29/h3-24H,25H2,1-2H3/q+1. The van der Waals surface area contributed by atoms with Crippen LogP contribution in [-0.4, -0.2) is 16.6 Å². The Morgan fingerprint density at radius 3 is 1.44 bits per heavy atom. The van der Waals surface area contributed by atoms with E-state index in [1.165, 1.54) is 62.7 Å². The summed E-state index contributed by atoms with van der Waals surface area (Å²) >= 11 is 7.94. The fourth-order valence-electron chi connectivity index (χ4n) is 7.02. The maximum absolute atomic E-state index is 2.55. The van der Waals surface area contributed by atoms with Gasteiger partial charge in [-0.05, 0) is 93.2 Å². The third-order valence-electron chi connectivity index (χ3n) is 8.77. The first-order chi connectivity index (χ1) is 21.2. The van der Waals surface area contributed by atoms with Crippen LogP contribution in [0.2, 0.25) is 0 Å². The van der Waals surface area contributed by atoms with Gasteiger partial charge in [-0.1, -0.05) is 115 Å². The SMILES string of the molecule is CSC1=C(SC)SC2(S1)C1=c3ccc(C[P+](c4ccccc4)(c4ccccc4)c4ccccc4)cc3=C2c2ccccc21. The Kier molecular flexibility index (Phi) is 7.20. The summed E-state index contributed by atoms with van der Waals surface area (Å²) in [6, 6.07) is 50.3. The Morgan fingerprint density at radius 2 is 0.977 bits per heavy atom. The summed E-state index contributed by atoms with van der Waals surface area (Å²) in [7, 11) is -1.99. The molecular weight excluding hydrogens is 616 g/mol. The van der Waals surface area contributed by atoms with Gasteiger partial charge in [-0.15, -0.1) is 23.5 Å². The zero-order valence-corrected chi connectivity index (χ0v) is 28.1. The van der Waals surface area contributed by atoms with Gasteiger partial charge in [0.1, 0.15) is 27.3 Å². The van der Waals surface area contributed by atoms with E-state index in [-0.39, 0.29) is 4.08 Å². The molecule has 5 aromatic carbocycles. The fourth-order valence-corrected chi connectivity index (χ4v) is 17.5. The molecule has 0 nitrogen and oxygen atoms in total. The molecule has 0 unspecified atom stereocenters. The van der Waals surface area contributed by atoms with Crippen LogP contribution < -0.4 is 26.4 Å². The Bertz CT molecular complexity index is 1900. The third-order valence-corrected chi connectivity index (χ3v) is 19.0. The Labute approximate surface area is 271 Å². The number of fused-ring (bicyclic) bond motifs is 4. The smallest absolute Gasteiger partial charge is 0.121 e. The molecular formula is C38H30PS4+. The van der Waals surface area contributed by atoms with E-state index in [1.807, 2.05) is 23.5 Å². The van der Waals surface area contributed by atoms with Crippen molar-refractivity contribution in [1.29, 1.82) is 0 Å². The Balaban J connectivity index is 1.36. The largest absolute Gasteiger partial charge is 0.124 e. The van der Waals surface area contributed by atoms with Gasteiger partial charge in [-0.2, -0.15) is 0 Å². The zero-order valence-electron chi connectivity index (χ0n) is 24.0. The second kappa shape index (κ2) is 11.1. The summed E-state index contributed by atoms with van der Waals surface area (Å²) in [4.78, 5) is 0. The monoisotopic (exact) mass is 645 g/mol. The van der Waals surface area contributed by atoms with E-state index in [2.05, 4.69) is 169 Å². The second-order valence-electron chi connectivity index (χ2n) is 11.0. The lowest BCUT2D eigenvalue weighted by Crippen LogP contribution is -2.33. The van der Waals surface area contributed by atoms with Crippen LogP contribution in [0.25, 0.3) is 11.1 Å². The van der Waals surface area contributed by atoms with Crippen molar-refractivity contribution in [3.05, 3.63) is 169 Å². The minimum atomic E-state index is -1.99. The summed E-state index contributed by atoms with van der Waals surface area (Å²) in [5, 5.41) is 7.14. The van der Waals surface area contributed by atoms with E-state index in [0.29, 0.717) is 0 Å². The molecule has 2 aliphatic carbocycles. The lowest BCUT2D eigenvalue weighted by Gasteiger charge is -2.28. The lowest BCUT2D eigenvalue weighted by molar-refractivity contribution is 1.33. The molecule has 0 saturated heterocycles. The highest BCUT2D eigenvalue weighted by Crippen LogP contribution is 2.71. The molecule has 43 heavy (non-hydrogen) atoms. The molecule has 8 rings (SSSR count). The minimum absolute atomic E-state index is 0.0914. The third kappa shape index (κ3) is 4.21. The van der Waals surface area contributed by atoms with Gasteiger partial charge in [0.2, 0.25) is 0 Å². The van der Waals surface area contributed by atoms with Gasteiger partial charge in [0.05, 0.1) is 14.6 Å². The van der Waals surface area contributed by atoms with Gasteiger partial charge in [-0.3, -0.25) is 0 Å². The predicted molar refractivity (Wildman–Crippen MR) is 198 cm³/mol. The quantitative estimate of drug-likeness (QED) is 0.165. The van der Waals surface area contributed by atoms with Gasteiger partial charge in [0, 0.05) is 0 Å². The number of rotatable bonds is 7. The summed E-state index contributed by atoms with van der Waals surface area (Å²) in [6.45, 7) is 0. The summed E-state index contributed by atoms with van der Waals surface area (Å²) in [6.07, 6.45) is 5.44. The van der Waals surface area contributed by atoms with Crippen molar-refractivity contribution in [3.63, 3.8) is 0 Å². The molecule has 0 N–H and O–H groups in total. The normalized spacial score (nSPS) is 16.2. The molecule has 0 atom stereocenters. The molecule has 5 aromatic rings. The van der Waals surface area contributed by atoms with Crippen molar-refractivity contribution in [2.24, 2.45) is 0 Å². The Morgan fingerprint density at radius 1 is 0.535 bits per heavy atom. The maximum Gasteiger partial charge on any atom is 0.124 e. The number of thioether (sulfide) groups is 4. The summed E-state index contributed by atoms with van der Waals surface area (Å²) in [5.74, 6) is 0. The van der Waals surface area contributed by atoms with Gasteiger partial charge >= 0.3 is 0 Å². The number of hydrogen-bond acceptors (Lipinski definition) is 4. The van der Waals surface area contributed by atoms with Crippen molar-refractivity contribution in [1.82, 2.24) is 0 Å². The highest BCUT2D eigenvalue weighted by Gasteiger charge is 2.55. The Hall–Kier alpha value is -2.59. The molecule has 0 amide bonds. The van der Waals surface area contributed by atoms with E-state index in [9.17, 15) is 0 Å². The van der Waals surface area contributed by atoms with E-state index in [1.54, 1.807) is 0 Å². The topological polar surface area (TPSA) is 0 Å². The molecule has 210 valence electrons. The number of benzene rings is 5. The van der Waals surface area contributed by atoms with Crippen molar-refractivity contribution in [2.75, 3.05) is 12.5 Å². The summed E-state index contributed by atoms with van der Waals surface area (Å²) < 4.78 is 2.82. The molecule has 2 bridgehead atoms. The van der Waals surface area contributed by atoms with Crippen LogP contribution >= 0.6 is 54.3 Å². The molecule has 1 aliphatic heterocycles. The van der Waals surface area contributed by atoms with Crippen LogP contribution in [0.3, 0.4) is 0 Å². The minimum Gasteiger partial charge on any atom is -0.121 e. The highest BCUT2D eigenvalue weighted by molar-refractivity contribution is 8.38. The van der Waals surface area contributed by atoms with E-state index in [0.717, 1.165) is 6.16 Å². The second-order valence-corrected chi connectivity index (χ2v) is 19.3. The van der Waals surface area contributed by atoms with E-state index < -0.39 is 7.26 Å². The van der Waals surface area contributed by atoms with Crippen LogP contribution in [0, 0.1) is 0 Å². The van der Waals surface area contributed by atoms with Crippen LogP contribution in [0.15, 0.2) is 142 Å². The first-order valence-corrected chi connectivity index (χ1v) is 20.5. The first-order valence-electron chi connectivity index (χ1n) is 14.4. The molecule has 0 fully saturated rings. The van der Waals surface area contributed by atoms with Crippen LogP contribution in [0.5, 0.6) is 0 Å². The average molecular weight is 646 g/mol. The van der Waals surface area contributed by atoms with Crippen LogP contribution in [0.1, 0.15) is 16.7 Å². The van der Waals surface area contributed by atoms with Gasteiger partial charge in [-0.25, -0.2) is 0 Å². The predicted octanol–water partition coefficient (Wildman–Crippen LogP) is 7.93. The molecule has 0 aromatic heterocycles. The van der Waals surface area contributed by atoms with E-state index >= 15 is 0 Å². The molecule has 1 spiro atoms. The van der Waals surface area contributed by atoms with Gasteiger partial charge in [0.25, 0.3) is 0 Å². The number of hydrogen-bond donors (Lipinski definition) is 0. The molecule has 3 aliphatic rings. The van der Waals surface area contributed by atoms with Crippen molar-refractivity contribution in [3.8, 4) is 0 Å². The zero-order chi connectivity index (χ0) is 29.0. The van der Waals surface area contributed by atoms with Crippen LogP contribution in [-0.2, 0) is 6.16 Å². The van der Waals surface area contributed by atoms with Crippen molar-refractivity contribution in [2.45, 2.75) is 10.2 Å². The van der Waals surface area contributed by atoms with E-state index in [4.69, 9.17) is 0 Å². The van der Waals surface area contributed by atoms with Gasteiger partial charge in [0.15, 0.2) is 0 Å². The van der Waals surface area contributed by atoms with Crippen molar-refractivity contribution < 1.29 is 0 Å². The lowest BCUT2D eigenvalue weighted by atomic mass is 9.98. The van der Waals surface area contributed by atoms with Crippen LogP contribution in [0.4, 0.5) is 0 Å². The average Bonchev–Trinajstić information content (AvgIpc) is 3.68. The first kappa shape index (κ1) is 27.9. The van der Waals surface area contributed by atoms with Gasteiger partial charge < -0.3 is 0 Å². The fraction of sp³-hybridized carbons (Fsp3) is 0.105. The summed E-state index contributed by atoms with van der Waals surface area (Å²) in [5.41, 5.74) is 7.25. The van der Waals surface area contributed by atoms with Crippen molar-refractivity contribution >= 4 is 81.4 Å². The molecule has 0 saturated carbocycles.